The molecular formula is C23H17BrCl2N2O3. The van der Waals surface area contributed by atoms with Crippen molar-refractivity contribution in [1.82, 2.24) is 0 Å². The summed E-state index contributed by atoms with van der Waals surface area (Å²) in [6, 6.07) is 17.2. The van der Waals surface area contributed by atoms with Gasteiger partial charge in [-0.3, -0.25) is 9.59 Å². The summed E-state index contributed by atoms with van der Waals surface area (Å²) >= 11 is 15.7. The molecule has 0 saturated heterocycles. The Bertz CT molecular complexity index is 1170. The molecule has 0 saturated carbocycles. The number of hydrogen-bond donors (Lipinski definition) is 2. The summed E-state index contributed by atoms with van der Waals surface area (Å²) < 4.78 is 5.79. The van der Waals surface area contributed by atoms with Crippen LogP contribution in [0.5, 0.6) is 5.75 Å². The van der Waals surface area contributed by atoms with Crippen molar-refractivity contribution in [3.05, 3.63) is 87.9 Å². The van der Waals surface area contributed by atoms with Gasteiger partial charge in [0.25, 0.3) is 5.91 Å². The van der Waals surface area contributed by atoms with Crippen molar-refractivity contribution in [2.75, 3.05) is 10.8 Å². The molecule has 0 fully saturated rings. The molecule has 3 aromatic rings. The fourth-order valence-corrected chi connectivity index (χ4v) is 3.71. The SMILES string of the molecule is NC(=O)c1ccccc1NC(=O)/C=C/c1cccc(-c2ccc(Cl)cc2Cl)c1OCBr. The van der Waals surface area contributed by atoms with E-state index in [1.807, 2.05) is 24.3 Å². The van der Waals surface area contributed by atoms with E-state index in [2.05, 4.69) is 21.2 Å². The number of halogens is 3. The van der Waals surface area contributed by atoms with Crippen LogP contribution in [-0.4, -0.2) is 17.3 Å². The molecule has 3 aromatic carbocycles. The van der Waals surface area contributed by atoms with Gasteiger partial charge in [0.05, 0.1) is 16.3 Å². The predicted molar refractivity (Wildman–Crippen MR) is 129 cm³/mol. The molecule has 0 heterocycles. The molecule has 0 aliphatic rings. The van der Waals surface area contributed by atoms with Crippen LogP contribution < -0.4 is 15.8 Å². The van der Waals surface area contributed by atoms with E-state index in [1.165, 1.54) is 6.08 Å². The Morgan fingerprint density at radius 2 is 1.81 bits per heavy atom. The van der Waals surface area contributed by atoms with Gasteiger partial charge in [-0.15, -0.1) is 0 Å². The number of primary amides is 1. The van der Waals surface area contributed by atoms with Gasteiger partial charge in [-0.05, 0) is 46.3 Å². The second-order valence-electron chi connectivity index (χ2n) is 6.33. The number of alkyl halides is 1. The summed E-state index contributed by atoms with van der Waals surface area (Å²) in [5, 5.41) is 3.67. The van der Waals surface area contributed by atoms with E-state index < -0.39 is 11.8 Å². The van der Waals surface area contributed by atoms with Crippen molar-refractivity contribution in [1.29, 1.82) is 0 Å². The first-order chi connectivity index (χ1) is 14.9. The minimum absolute atomic E-state index is 0.229. The van der Waals surface area contributed by atoms with Gasteiger partial charge in [0.1, 0.15) is 11.3 Å². The van der Waals surface area contributed by atoms with Crippen LogP contribution in [0, 0.1) is 0 Å². The molecule has 0 aliphatic carbocycles. The van der Waals surface area contributed by atoms with Crippen molar-refractivity contribution in [2.45, 2.75) is 0 Å². The molecule has 0 atom stereocenters. The molecule has 2 amide bonds. The number of nitrogens with one attached hydrogen (secondary N) is 1. The number of ether oxygens (including phenoxy) is 1. The highest BCUT2D eigenvalue weighted by Crippen LogP contribution is 2.39. The molecular weight excluding hydrogens is 503 g/mol. The second-order valence-corrected chi connectivity index (χ2v) is 7.64. The van der Waals surface area contributed by atoms with Gasteiger partial charge < -0.3 is 15.8 Å². The van der Waals surface area contributed by atoms with E-state index in [1.54, 1.807) is 42.5 Å². The van der Waals surface area contributed by atoms with Gasteiger partial charge in [-0.2, -0.15) is 0 Å². The monoisotopic (exact) mass is 518 g/mol. The summed E-state index contributed by atoms with van der Waals surface area (Å²) in [5.74, 6) is -0.501. The van der Waals surface area contributed by atoms with Crippen LogP contribution in [0.4, 0.5) is 5.69 Å². The zero-order valence-electron chi connectivity index (χ0n) is 16.1. The lowest BCUT2D eigenvalue weighted by Crippen LogP contribution is -2.16. The summed E-state index contributed by atoms with van der Waals surface area (Å²) in [7, 11) is 0. The number of rotatable bonds is 7. The summed E-state index contributed by atoms with van der Waals surface area (Å²) in [6.07, 6.45) is 2.97. The van der Waals surface area contributed by atoms with Crippen LogP contribution in [0.1, 0.15) is 15.9 Å². The second kappa shape index (κ2) is 10.5. The molecule has 3 rings (SSSR count). The van der Waals surface area contributed by atoms with Crippen LogP contribution in [0.3, 0.4) is 0 Å². The van der Waals surface area contributed by atoms with E-state index >= 15 is 0 Å². The zero-order chi connectivity index (χ0) is 22.4. The third-order valence-electron chi connectivity index (χ3n) is 4.33. The number of para-hydroxylation sites is 2. The maximum Gasteiger partial charge on any atom is 0.250 e. The van der Waals surface area contributed by atoms with Gasteiger partial charge in [0, 0.05) is 27.8 Å². The van der Waals surface area contributed by atoms with Crippen LogP contribution in [0.25, 0.3) is 17.2 Å². The Kier molecular flexibility index (Phi) is 7.74. The first-order valence-corrected chi connectivity index (χ1v) is 10.9. The molecule has 0 bridgehead atoms. The van der Waals surface area contributed by atoms with Gasteiger partial charge >= 0.3 is 0 Å². The van der Waals surface area contributed by atoms with Crippen molar-refractivity contribution < 1.29 is 14.3 Å². The van der Waals surface area contributed by atoms with Gasteiger partial charge in [0.15, 0.2) is 0 Å². The lowest BCUT2D eigenvalue weighted by Gasteiger charge is -2.14. The Hall–Kier alpha value is -2.80. The number of anilines is 1. The molecule has 0 aromatic heterocycles. The molecule has 0 radical (unpaired) electrons. The quantitative estimate of drug-likeness (QED) is 0.290. The highest BCUT2D eigenvalue weighted by Gasteiger charge is 2.14. The number of amides is 2. The van der Waals surface area contributed by atoms with Crippen molar-refractivity contribution in [2.24, 2.45) is 5.73 Å². The van der Waals surface area contributed by atoms with E-state index in [0.29, 0.717) is 27.0 Å². The van der Waals surface area contributed by atoms with Gasteiger partial charge in [-0.25, -0.2) is 0 Å². The number of nitrogens with two attached hydrogens (primary N) is 1. The average molecular weight is 520 g/mol. The summed E-state index contributed by atoms with van der Waals surface area (Å²) in [5.41, 5.74) is 8.33. The Morgan fingerprint density at radius 1 is 1.03 bits per heavy atom. The largest absolute Gasteiger partial charge is 0.481 e. The molecule has 158 valence electrons. The third-order valence-corrected chi connectivity index (χ3v) is 5.11. The molecule has 3 N–H and O–H groups in total. The lowest BCUT2D eigenvalue weighted by molar-refractivity contribution is -0.111. The molecule has 31 heavy (non-hydrogen) atoms. The Labute approximate surface area is 197 Å². The minimum atomic E-state index is -0.625. The minimum Gasteiger partial charge on any atom is -0.481 e. The van der Waals surface area contributed by atoms with Crippen LogP contribution in [-0.2, 0) is 4.79 Å². The van der Waals surface area contributed by atoms with Crippen molar-refractivity contribution >= 4 is 62.7 Å². The Balaban J connectivity index is 1.92. The fraction of sp³-hybridized carbons (Fsp3) is 0.0435. The number of benzene rings is 3. The topological polar surface area (TPSA) is 81.4 Å². The van der Waals surface area contributed by atoms with Crippen LogP contribution >= 0.6 is 39.1 Å². The molecule has 5 nitrogen and oxygen atoms in total. The fourth-order valence-electron chi connectivity index (χ4n) is 2.97. The van der Waals surface area contributed by atoms with Crippen LogP contribution in [0.15, 0.2) is 66.7 Å². The normalized spacial score (nSPS) is 10.8. The highest BCUT2D eigenvalue weighted by atomic mass is 79.9. The van der Waals surface area contributed by atoms with E-state index in [0.717, 1.165) is 11.1 Å². The van der Waals surface area contributed by atoms with E-state index in [-0.39, 0.29) is 11.1 Å². The smallest absolute Gasteiger partial charge is 0.250 e. The standard InChI is InChI=1S/C23H17BrCl2N2O3/c24-13-31-22-14(4-3-6-17(22)16-10-9-15(25)12-19(16)26)8-11-21(29)28-20-7-2-1-5-18(20)23(27)30/h1-12H,13H2,(H2,27,30)(H,28,29)/b11-8+. The maximum atomic E-state index is 12.4. The highest BCUT2D eigenvalue weighted by molar-refractivity contribution is 9.09. The van der Waals surface area contributed by atoms with Crippen molar-refractivity contribution in [3.8, 4) is 16.9 Å². The number of carbonyl (C=O) groups is 2. The maximum absolute atomic E-state index is 12.4. The zero-order valence-corrected chi connectivity index (χ0v) is 19.2. The predicted octanol–water partition coefficient (Wildman–Crippen LogP) is 6.14. The molecule has 8 heteroatoms. The van der Waals surface area contributed by atoms with Crippen molar-refractivity contribution in [3.63, 3.8) is 0 Å². The molecule has 0 spiro atoms. The van der Waals surface area contributed by atoms with Crippen LogP contribution in [0.2, 0.25) is 10.0 Å². The third kappa shape index (κ3) is 5.67. The van der Waals surface area contributed by atoms with Gasteiger partial charge in [0.2, 0.25) is 5.91 Å². The number of carbonyl (C=O) groups excluding carboxylic acids is 2. The van der Waals surface area contributed by atoms with Gasteiger partial charge in [-0.1, -0.05) is 59.6 Å². The first kappa shape index (κ1) is 22.9. The summed E-state index contributed by atoms with van der Waals surface area (Å²) in [6.45, 7) is 0. The Morgan fingerprint density at radius 3 is 2.52 bits per heavy atom. The summed E-state index contributed by atoms with van der Waals surface area (Å²) in [4.78, 5) is 24.0. The number of hydrogen-bond acceptors (Lipinski definition) is 3. The van der Waals surface area contributed by atoms with E-state index in [4.69, 9.17) is 33.7 Å². The van der Waals surface area contributed by atoms with E-state index in [9.17, 15) is 9.59 Å². The molecule has 0 aliphatic heterocycles. The average Bonchev–Trinajstić information content (AvgIpc) is 2.73. The lowest BCUT2D eigenvalue weighted by atomic mass is 10.0. The molecule has 0 unspecified atom stereocenters. The first-order valence-electron chi connectivity index (χ1n) is 9.06.